The lowest BCUT2D eigenvalue weighted by Crippen LogP contribution is -2.35. The Morgan fingerprint density at radius 3 is 2.72 bits per heavy atom. The minimum absolute atomic E-state index is 0.416. The van der Waals surface area contributed by atoms with Crippen molar-refractivity contribution in [1.29, 1.82) is 5.26 Å². The molecule has 0 aliphatic carbocycles. The van der Waals surface area contributed by atoms with E-state index in [0.717, 1.165) is 53.5 Å². The highest BCUT2D eigenvalue weighted by Crippen LogP contribution is 2.36. The zero-order valence-corrected chi connectivity index (χ0v) is 15.1. The fourth-order valence-corrected chi connectivity index (χ4v) is 4.28. The zero-order chi connectivity index (χ0) is 17.2. The van der Waals surface area contributed by atoms with Crippen LogP contribution in [-0.2, 0) is 11.3 Å². The number of morpholine rings is 1. The molecule has 0 atom stereocenters. The molecule has 1 saturated heterocycles. The molecule has 1 aromatic carbocycles. The van der Waals surface area contributed by atoms with Crippen LogP contribution in [0.15, 0.2) is 36.5 Å². The third kappa shape index (κ3) is 3.39. The maximum Gasteiger partial charge on any atom is 0.125 e. The number of rotatable bonds is 3. The molecule has 25 heavy (non-hydrogen) atoms. The monoisotopic (exact) mass is 369 g/mol. The second kappa shape index (κ2) is 7.11. The topological polar surface area (TPSA) is 49.2 Å². The predicted octanol–water partition coefficient (Wildman–Crippen LogP) is 4.32. The van der Waals surface area contributed by atoms with Crippen molar-refractivity contribution < 1.29 is 4.74 Å². The molecule has 3 heterocycles. The van der Waals surface area contributed by atoms with E-state index in [2.05, 4.69) is 40.2 Å². The molecular weight excluding hydrogens is 354 g/mol. The summed E-state index contributed by atoms with van der Waals surface area (Å²) >= 11 is 7.90. The SMILES string of the molecule is N#Cc1cnc2sc(-c3ccc(CN4CCOCC4)cc3)cc2c1Cl. The van der Waals surface area contributed by atoms with Crippen LogP contribution in [0, 0.1) is 11.3 Å². The van der Waals surface area contributed by atoms with Crippen molar-refractivity contribution in [3.8, 4) is 16.5 Å². The maximum absolute atomic E-state index is 9.08. The summed E-state index contributed by atoms with van der Waals surface area (Å²) in [4.78, 5) is 8.72. The van der Waals surface area contributed by atoms with Gasteiger partial charge in [0.05, 0.1) is 23.8 Å². The van der Waals surface area contributed by atoms with Crippen molar-refractivity contribution in [1.82, 2.24) is 9.88 Å². The first-order valence-electron chi connectivity index (χ1n) is 8.12. The Morgan fingerprint density at radius 2 is 2.00 bits per heavy atom. The fourth-order valence-electron chi connectivity index (χ4n) is 2.97. The largest absolute Gasteiger partial charge is 0.379 e. The minimum Gasteiger partial charge on any atom is -0.379 e. The molecule has 0 radical (unpaired) electrons. The lowest BCUT2D eigenvalue weighted by Gasteiger charge is -2.26. The van der Waals surface area contributed by atoms with Gasteiger partial charge in [-0.25, -0.2) is 4.98 Å². The normalized spacial score (nSPS) is 15.4. The lowest BCUT2D eigenvalue weighted by molar-refractivity contribution is 0.0342. The van der Waals surface area contributed by atoms with E-state index < -0.39 is 0 Å². The van der Waals surface area contributed by atoms with Gasteiger partial charge in [-0.05, 0) is 17.2 Å². The van der Waals surface area contributed by atoms with E-state index in [-0.39, 0.29) is 0 Å². The number of halogens is 1. The number of thiophene rings is 1. The Morgan fingerprint density at radius 1 is 1.24 bits per heavy atom. The smallest absolute Gasteiger partial charge is 0.125 e. The highest BCUT2D eigenvalue weighted by molar-refractivity contribution is 7.21. The minimum atomic E-state index is 0.416. The lowest BCUT2D eigenvalue weighted by atomic mass is 10.1. The van der Waals surface area contributed by atoms with Crippen LogP contribution in [0.4, 0.5) is 0 Å². The van der Waals surface area contributed by atoms with Crippen LogP contribution < -0.4 is 0 Å². The molecular formula is C19H16ClN3OS. The van der Waals surface area contributed by atoms with Gasteiger partial charge >= 0.3 is 0 Å². The Balaban J connectivity index is 1.58. The number of hydrogen-bond acceptors (Lipinski definition) is 5. The standard InChI is InChI=1S/C19H16ClN3OS/c20-18-15(10-21)11-22-19-16(18)9-17(25-19)14-3-1-13(2-4-14)12-23-5-7-24-8-6-23/h1-4,9,11H,5-8,12H2. The van der Waals surface area contributed by atoms with E-state index in [1.54, 1.807) is 11.3 Å². The van der Waals surface area contributed by atoms with Crippen molar-refractivity contribution in [2.24, 2.45) is 0 Å². The van der Waals surface area contributed by atoms with Gasteiger partial charge in [-0.15, -0.1) is 11.3 Å². The van der Waals surface area contributed by atoms with Crippen LogP contribution in [-0.4, -0.2) is 36.2 Å². The van der Waals surface area contributed by atoms with E-state index in [9.17, 15) is 0 Å². The Labute approximate surface area is 155 Å². The number of nitriles is 1. The molecule has 6 heteroatoms. The molecule has 1 aliphatic heterocycles. The van der Waals surface area contributed by atoms with Crippen LogP contribution in [0.2, 0.25) is 5.02 Å². The number of pyridine rings is 1. The summed E-state index contributed by atoms with van der Waals surface area (Å²) in [6.07, 6.45) is 1.54. The molecule has 0 amide bonds. The molecule has 4 rings (SSSR count). The van der Waals surface area contributed by atoms with Gasteiger partial charge in [0.25, 0.3) is 0 Å². The van der Waals surface area contributed by atoms with Gasteiger partial charge in [0.2, 0.25) is 0 Å². The van der Waals surface area contributed by atoms with E-state index in [1.807, 2.05) is 6.07 Å². The quantitative estimate of drug-likeness (QED) is 0.689. The molecule has 4 nitrogen and oxygen atoms in total. The number of ether oxygens (including phenoxy) is 1. The number of fused-ring (bicyclic) bond motifs is 1. The molecule has 1 aliphatic rings. The van der Waals surface area contributed by atoms with Gasteiger partial charge in [-0.2, -0.15) is 5.26 Å². The van der Waals surface area contributed by atoms with Crippen LogP contribution >= 0.6 is 22.9 Å². The second-order valence-corrected chi connectivity index (χ2v) is 7.42. The van der Waals surface area contributed by atoms with E-state index in [1.165, 1.54) is 11.8 Å². The highest BCUT2D eigenvalue weighted by Gasteiger charge is 2.13. The van der Waals surface area contributed by atoms with Crippen molar-refractivity contribution >= 4 is 33.2 Å². The van der Waals surface area contributed by atoms with Crippen LogP contribution in [0.1, 0.15) is 11.1 Å². The molecule has 0 saturated carbocycles. The molecule has 0 unspecified atom stereocenters. The van der Waals surface area contributed by atoms with E-state index in [0.29, 0.717) is 10.6 Å². The van der Waals surface area contributed by atoms with Crippen molar-refractivity contribution in [3.63, 3.8) is 0 Å². The average Bonchev–Trinajstić information content (AvgIpc) is 3.09. The first-order valence-corrected chi connectivity index (χ1v) is 9.31. The van der Waals surface area contributed by atoms with Crippen molar-refractivity contribution in [3.05, 3.63) is 52.7 Å². The van der Waals surface area contributed by atoms with E-state index in [4.69, 9.17) is 21.6 Å². The average molecular weight is 370 g/mol. The first-order chi connectivity index (χ1) is 12.2. The first kappa shape index (κ1) is 16.5. The molecule has 1 fully saturated rings. The third-order valence-corrected chi connectivity index (χ3v) is 5.86. The summed E-state index contributed by atoms with van der Waals surface area (Å²) in [6.45, 7) is 4.57. The van der Waals surface area contributed by atoms with Gasteiger partial charge in [0.15, 0.2) is 0 Å². The Kier molecular flexibility index (Phi) is 4.69. The van der Waals surface area contributed by atoms with Gasteiger partial charge in [0, 0.05) is 36.1 Å². The van der Waals surface area contributed by atoms with Gasteiger partial charge in [-0.3, -0.25) is 4.90 Å². The number of hydrogen-bond donors (Lipinski definition) is 0. The summed E-state index contributed by atoms with van der Waals surface area (Å²) in [6, 6.07) is 12.7. The Bertz CT molecular complexity index is 940. The Hall–Kier alpha value is -1.97. The summed E-state index contributed by atoms with van der Waals surface area (Å²) in [5, 5.41) is 10.4. The highest BCUT2D eigenvalue weighted by atomic mass is 35.5. The van der Waals surface area contributed by atoms with Crippen LogP contribution in [0.3, 0.4) is 0 Å². The molecule has 3 aromatic rings. The van der Waals surface area contributed by atoms with Crippen LogP contribution in [0.25, 0.3) is 20.7 Å². The summed E-state index contributed by atoms with van der Waals surface area (Å²) in [5.41, 5.74) is 2.86. The van der Waals surface area contributed by atoms with Crippen LogP contribution in [0.5, 0.6) is 0 Å². The van der Waals surface area contributed by atoms with E-state index >= 15 is 0 Å². The predicted molar refractivity (Wildman–Crippen MR) is 101 cm³/mol. The molecule has 0 spiro atoms. The molecule has 2 aromatic heterocycles. The maximum atomic E-state index is 9.08. The number of nitrogens with zero attached hydrogens (tertiary/aromatic N) is 3. The second-order valence-electron chi connectivity index (χ2n) is 6.01. The molecule has 0 bridgehead atoms. The third-order valence-electron chi connectivity index (χ3n) is 4.37. The van der Waals surface area contributed by atoms with Gasteiger partial charge in [0.1, 0.15) is 10.9 Å². The summed E-state index contributed by atoms with van der Waals surface area (Å²) < 4.78 is 5.39. The van der Waals surface area contributed by atoms with Gasteiger partial charge < -0.3 is 4.74 Å². The fraction of sp³-hybridized carbons (Fsp3) is 0.263. The number of benzene rings is 1. The summed E-state index contributed by atoms with van der Waals surface area (Å²) in [7, 11) is 0. The molecule has 0 N–H and O–H groups in total. The number of aromatic nitrogens is 1. The zero-order valence-electron chi connectivity index (χ0n) is 13.5. The molecule has 126 valence electrons. The van der Waals surface area contributed by atoms with Crippen molar-refractivity contribution in [2.75, 3.05) is 26.3 Å². The summed E-state index contributed by atoms with van der Waals surface area (Å²) in [5.74, 6) is 0. The van der Waals surface area contributed by atoms with Crippen molar-refractivity contribution in [2.45, 2.75) is 6.54 Å². The van der Waals surface area contributed by atoms with Gasteiger partial charge in [-0.1, -0.05) is 35.9 Å².